The Labute approximate surface area is 119 Å². The summed E-state index contributed by atoms with van der Waals surface area (Å²) in [5.41, 5.74) is 9.62. The smallest absolute Gasteiger partial charge is 0.200 e. The van der Waals surface area contributed by atoms with Crippen molar-refractivity contribution in [3.63, 3.8) is 0 Å². The summed E-state index contributed by atoms with van der Waals surface area (Å²) < 4.78 is 6.54. The van der Waals surface area contributed by atoms with Crippen molar-refractivity contribution >= 4 is 14.0 Å². The quantitative estimate of drug-likeness (QED) is 0.590. The van der Waals surface area contributed by atoms with Crippen LogP contribution in [0.3, 0.4) is 0 Å². The fourth-order valence-electron chi connectivity index (χ4n) is 3.32. The summed E-state index contributed by atoms with van der Waals surface area (Å²) in [6.45, 7) is 14.6. The van der Waals surface area contributed by atoms with E-state index in [4.69, 9.17) is 10.2 Å². The maximum atomic E-state index is 6.54. The van der Waals surface area contributed by atoms with Crippen molar-refractivity contribution in [2.24, 2.45) is 0 Å². The molecule has 0 aromatic heterocycles. The standard InChI is InChI=1S/C16H29NOSi/c1-12(2)19(13(3)4,14(5)6)18-11-15-7-9-16(17)10-8-15/h7-10,12-14H,11,17H2,1-6H3. The molecule has 0 heterocycles. The van der Waals surface area contributed by atoms with E-state index in [2.05, 4.69) is 53.7 Å². The molecule has 0 fully saturated rings. The molecule has 0 spiro atoms. The van der Waals surface area contributed by atoms with Crippen molar-refractivity contribution in [3.05, 3.63) is 29.8 Å². The highest BCUT2D eigenvalue weighted by atomic mass is 28.4. The largest absolute Gasteiger partial charge is 0.412 e. The zero-order chi connectivity index (χ0) is 14.6. The number of hydrogen-bond donors (Lipinski definition) is 1. The molecule has 1 rings (SSSR count). The Morgan fingerprint density at radius 3 is 1.68 bits per heavy atom. The Balaban J connectivity index is 2.87. The number of nitrogens with two attached hydrogens (primary N) is 1. The zero-order valence-corrected chi connectivity index (χ0v) is 14.2. The molecule has 19 heavy (non-hydrogen) atoms. The minimum Gasteiger partial charge on any atom is -0.412 e. The fourth-order valence-corrected chi connectivity index (χ4v) is 8.74. The van der Waals surface area contributed by atoms with Gasteiger partial charge >= 0.3 is 0 Å². The molecule has 1 aromatic rings. The SMILES string of the molecule is CC(C)[Si](OCc1ccc(N)cc1)(C(C)C)C(C)C. The van der Waals surface area contributed by atoms with Gasteiger partial charge in [0.25, 0.3) is 0 Å². The molecule has 0 aliphatic rings. The minimum absolute atomic E-state index is 0.626. The van der Waals surface area contributed by atoms with Crippen LogP contribution in [0.15, 0.2) is 24.3 Å². The molecule has 0 aliphatic heterocycles. The molecule has 108 valence electrons. The first-order chi connectivity index (χ1) is 8.80. The van der Waals surface area contributed by atoms with Gasteiger partial charge in [-0.05, 0) is 34.3 Å². The average Bonchev–Trinajstić information content (AvgIpc) is 2.30. The summed E-state index contributed by atoms with van der Waals surface area (Å²) in [6.07, 6.45) is 0. The van der Waals surface area contributed by atoms with E-state index in [1.54, 1.807) is 0 Å². The van der Waals surface area contributed by atoms with E-state index in [-0.39, 0.29) is 0 Å². The maximum Gasteiger partial charge on any atom is 0.200 e. The predicted octanol–water partition coefficient (Wildman–Crippen LogP) is 4.96. The van der Waals surface area contributed by atoms with Gasteiger partial charge in [0, 0.05) is 5.69 Å². The van der Waals surface area contributed by atoms with E-state index in [0.29, 0.717) is 23.2 Å². The first kappa shape index (κ1) is 16.3. The van der Waals surface area contributed by atoms with Gasteiger partial charge in [0.2, 0.25) is 8.32 Å². The first-order valence-corrected chi connectivity index (χ1v) is 9.43. The van der Waals surface area contributed by atoms with Crippen LogP contribution in [0, 0.1) is 0 Å². The number of rotatable bonds is 6. The molecule has 3 heteroatoms. The molecular formula is C16H29NOSi. The highest BCUT2D eigenvalue weighted by molar-refractivity contribution is 6.77. The molecule has 0 unspecified atom stereocenters. The first-order valence-electron chi connectivity index (χ1n) is 7.29. The zero-order valence-electron chi connectivity index (χ0n) is 13.2. The van der Waals surface area contributed by atoms with Crippen molar-refractivity contribution in [1.82, 2.24) is 0 Å². The van der Waals surface area contributed by atoms with E-state index < -0.39 is 8.32 Å². The molecule has 2 nitrogen and oxygen atoms in total. The summed E-state index contributed by atoms with van der Waals surface area (Å²) in [5, 5.41) is 0. The highest BCUT2D eigenvalue weighted by Gasteiger charge is 2.44. The van der Waals surface area contributed by atoms with Crippen LogP contribution in [0.1, 0.15) is 47.1 Å². The Bertz CT molecular complexity index is 362. The monoisotopic (exact) mass is 279 g/mol. The lowest BCUT2D eigenvalue weighted by Crippen LogP contribution is -2.47. The van der Waals surface area contributed by atoms with Crippen molar-refractivity contribution < 1.29 is 4.43 Å². The summed E-state index contributed by atoms with van der Waals surface area (Å²) in [5.74, 6) is 0. The van der Waals surface area contributed by atoms with Crippen molar-refractivity contribution in [3.8, 4) is 0 Å². The lowest BCUT2D eigenvalue weighted by atomic mass is 10.2. The summed E-state index contributed by atoms with van der Waals surface area (Å²) >= 11 is 0. The van der Waals surface area contributed by atoms with Crippen LogP contribution in [0.25, 0.3) is 0 Å². The Morgan fingerprint density at radius 2 is 1.32 bits per heavy atom. The molecular weight excluding hydrogens is 250 g/mol. The normalized spacial score (nSPS) is 12.7. The van der Waals surface area contributed by atoms with Gasteiger partial charge in [-0.15, -0.1) is 0 Å². The summed E-state index contributed by atoms with van der Waals surface area (Å²) in [4.78, 5) is 0. The van der Waals surface area contributed by atoms with E-state index >= 15 is 0 Å². The lowest BCUT2D eigenvalue weighted by Gasteiger charge is -2.42. The number of nitrogen functional groups attached to an aromatic ring is 1. The van der Waals surface area contributed by atoms with Crippen LogP contribution >= 0.6 is 0 Å². The van der Waals surface area contributed by atoms with E-state index in [9.17, 15) is 0 Å². The second kappa shape index (κ2) is 6.57. The van der Waals surface area contributed by atoms with Gasteiger partial charge in [0.15, 0.2) is 0 Å². The number of benzene rings is 1. The number of hydrogen-bond acceptors (Lipinski definition) is 2. The Morgan fingerprint density at radius 1 is 0.895 bits per heavy atom. The second-order valence-electron chi connectivity index (χ2n) is 6.35. The molecule has 0 radical (unpaired) electrons. The molecule has 0 atom stereocenters. The summed E-state index contributed by atoms with van der Waals surface area (Å²) in [6, 6.07) is 8.02. The van der Waals surface area contributed by atoms with Gasteiger partial charge in [-0.25, -0.2) is 0 Å². The van der Waals surface area contributed by atoms with Gasteiger partial charge in [-0.3, -0.25) is 0 Å². The van der Waals surface area contributed by atoms with Gasteiger partial charge in [-0.2, -0.15) is 0 Å². The molecule has 0 saturated heterocycles. The van der Waals surface area contributed by atoms with Crippen LogP contribution in [-0.4, -0.2) is 8.32 Å². The van der Waals surface area contributed by atoms with Crippen LogP contribution in [0.5, 0.6) is 0 Å². The van der Waals surface area contributed by atoms with Crippen LogP contribution in [0.4, 0.5) is 5.69 Å². The van der Waals surface area contributed by atoms with Crippen LogP contribution in [-0.2, 0) is 11.0 Å². The molecule has 0 bridgehead atoms. The van der Waals surface area contributed by atoms with E-state index in [1.165, 1.54) is 5.56 Å². The predicted molar refractivity (Wildman–Crippen MR) is 86.7 cm³/mol. The third-order valence-electron chi connectivity index (χ3n) is 4.18. The molecule has 0 aliphatic carbocycles. The third-order valence-corrected chi connectivity index (χ3v) is 10.2. The van der Waals surface area contributed by atoms with Gasteiger partial charge < -0.3 is 10.2 Å². The van der Waals surface area contributed by atoms with Crippen LogP contribution in [0.2, 0.25) is 16.6 Å². The Kier molecular flexibility index (Phi) is 5.62. The minimum atomic E-state index is -1.76. The Hall–Kier alpha value is -0.803. The average molecular weight is 280 g/mol. The van der Waals surface area contributed by atoms with E-state index in [0.717, 1.165) is 5.69 Å². The topological polar surface area (TPSA) is 35.2 Å². The third kappa shape index (κ3) is 3.60. The molecule has 0 amide bonds. The van der Waals surface area contributed by atoms with Crippen molar-refractivity contribution in [2.45, 2.75) is 64.8 Å². The maximum absolute atomic E-state index is 6.54. The fraction of sp³-hybridized carbons (Fsp3) is 0.625. The van der Waals surface area contributed by atoms with Crippen molar-refractivity contribution in [1.29, 1.82) is 0 Å². The lowest BCUT2D eigenvalue weighted by molar-refractivity contribution is 0.266. The van der Waals surface area contributed by atoms with Crippen LogP contribution < -0.4 is 5.73 Å². The van der Waals surface area contributed by atoms with Gasteiger partial charge in [0.1, 0.15) is 0 Å². The summed E-state index contributed by atoms with van der Waals surface area (Å²) in [7, 11) is -1.76. The van der Waals surface area contributed by atoms with Gasteiger partial charge in [0.05, 0.1) is 6.61 Å². The molecule has 1 aromatic carbocycles. The van der Waals surface area contributed by atoms with Gasteiger partial charge in [-0.1, -0.05) is 53.7 Å². The highest BCUT2D eigenvalue weighted by Crippen LogP contribution is 2.42. The number of anilines is 1. The van der Waals surface area contributed by atoms with E-state index in [1.807, 2.05) is 12.1 Å². The molecule has 2 N–H and O–H groups in total. The molecule has 0 saturated carbocycles. The van der Waals surface area contributed by atoms with Crippen molar-refractivity contribution in [2.75, 3.05) is 5.73 Å². The second-order valence-corrected chi connectivity index (χ2v) is 11.8.